The molecule has 0 aliphatic carbocycles. The molecule has 0 amide bonds. The lowest BCUT2D eigenvalue weighted by atomic mass is 9.89. The van der Waals surface area contributed by atoms with Gasteiger partial charge in [0.1, 0.15) is 5.82 Å². The zero-order valence-corrected chi connectivity index (χ0v) is 16.3. The second kappa shape index (κ2) is 6.83. The van der Waals surface area contributed by atoms with Crippen molar-refractivity contribution in [3.63, 3.8) is 0 Å². The van der Waals surface area contributed by atoms with E-state index in [0.29, 0.717) is 0 Å². The highest BCUT2D eigenvalue weighted by molar-refractivity contribution is 7.92. The normalized spacial score (nSPS) is 22.5. The first-order chi connectivity index (χ1) is 11.9. The van der Waals surface area contributed by atoms with Crippen LogP contribution < -0.4 is 16.7 Å². The first kappa shape index (κ1) is 19.1. The molecule has 0 spiro atoms. The molecule has 0 radical (unpaired) electrons. The van der Waals surface area contributed by atoms with Gasteiger partial charge in [0.25, 0.3) is 10.0 Å². The van der Waals surface area contributed by atoms with Gasteiger partial charge in [0.2, 0.25) is 0 Å². The first-order valence-corrected chi connectivity index (χ1v) is 9.91. The van der Waals surface area contributed by atoms with E-state index in [2.05, 4.69) is 18.0 Å². The lowest BCUT2D eigenvalue weighted by Crippen LogP contribution is -3.00. The van der Waals surface area contributed by atoms with Crippen LogP contribution in [0.2, 0.25) is 0 Å². The molecular formula is C19H21ClFN2O2S-. The lowest BCUT2D eigenvalue weighted by molar-refractivity contribution is -0.00000811. The van der Waals surface area contributed by atoms with E-state index in [1.54, 1.807) is 4.31 Å². The van der Waals surface area contributed by atoms with E-state index in [-0.39, 0.29) is 29.3 Å². The van der Waals surface area contributed by atoms with Crippen molar-refractivity contribution in [2.45, 2.75) is 30.2 Å². The fourth-order valence-electron chi connectivity index (χ4n) is 4.07. The Morgan fingerprint density at radius 3 is 2.50 bits per heavy atom. The lowest BCUT2D eigenvalue weighted by Gasteiger charge is -2.36. The number of anilines is 1. The van der Waals surface area contributed by atoms with E-state index < -0.39 is 15.8 Å². The standard InChI is InChI=1S/C19H21FN2O2S.ClH/c1-13-3-8-18-16(11-13)17-12-21(2)10-9-19(17)22(18)25(23,24)15-6-4-14(20)5-7-15;/h3-8,11,17,19H,9-10,12H2,1-2H3;1H/p-1/t17-,19-;/m0./s1. The third kappa shape index (κ3) is 3.00. The predicted molar refractivity (Wildman–Crippen MR) is 95.9 cm³/mol. The van der Waals surface area contributed by atoms with Gasteiger partial charge >= 0.3 is 0 Å². The number of hydrogen-bond acceptors (Lipinski definition) is 3. The molecule has 2 aromatic rings. The minimum atomic E-state index is -3.72. The van der Waals surface area contributed by atoms with Gasteiger partial charge in [-0.05, 0) is 62.8 Å². The molecule has 2 aromatic carbocycles. The molecule has 140 valence electrons. The highest BCUT2D eigenvalue weighted by atomic mass is 35.5. The van der Waals surface area contributed by atoms with Gasteiger partial charge in [0, 0.05) is 12.5 Å². The Kier molecular flexibility index (Phi) is 5.03. The number of piperidine rings is 1. The molecule has 7 heteroatoms. The molecule has 4 rings (SSSR count). The van der Waals surface area contributed by atoms with Gasteiger partial charge in [-0.3, -0.25) is 4.31 Å². The quantitative estimate of drug-likeness (QED) is 0.726. The van der Waals surface area contributed by atoms with Crippen molar-refractivity contribution in [3.8, 4) is 0 Å². The number of hydrogen-bond donors (Lipinski definition) is 0. The van der Waals surface area contributed by atoms with Crippen LogP contribution in [-0.4, -0.2) is 39.5 Å². The summed E-state index contributed by atoms with van der Waals surface area (Å²) in [7, 11) is -1.65. The molecule has 0 aromatic heterocycles. The zero-order valence-electron chi connectivity index (χ0n) is 14.7. The van der Waals surface area contributed by atoms with Gasteiger partial charge in [-0.1, -0.05) is 17.7 Å². The van der Waals surface area contributed by atoms with Gasteiger partial charge in [-0.2, -0.15) is 0 Å². The maximum absolute atomic E-state index is 13.3. The van der Waals surface area contributed by atoms with Crippen molar-refractivity contribution < 1.29 is 25.2 Å². The second-order valence-corrected chi connectivity index (χ2v) is 8.86. The Bertz CT molecular complexity index is 918. The van der Waals surface area contributed by atoms with Crippen LogP contribution >= 0.6 is 0 Å². The van der Waals surface area contributed by atoms with Crippen molar-refractivity contribution in [2.24, 2.45) is 0 Å². The monoisotopic (exact) mass is 395 g/mol. The fourth-order valence-corrected chi connectivity index (χ4v) is 5.81. The maximum atomic E-state index is 13.3. The van der Waals surface area contributed by atoms with E-state index >= 15 is 0 Å². The third-order valence-corrected chi connectivity index (χ3v) is 7.12. The molecule has 26 heavy (non-hydrogen) atoms. The van der Waals surface area contributed by atoms with Crippen molar-refractivity contribution in [1.82, 2.24) is 4.90 Å². The molecular weight excluding hydrogens is 375 g/mol. The van der Waals surface area contributed by atoms with Crippen LogP contribution in [0.4, 0.5) is 10.1 Å². The molecule has 4 nitrogen and oxygen atoms in total. The van der Waals surface area contributed by atoms with E-state index in [4.69, 9.17) is 0 Å². The Balaban J connectivity index is 0.00000196. The van der Waals surface area contributed by atoms with Crippen LogP contribution in [0.1, 0.15) is 23.5 Å². The SMILES string of the molecule is Cc1ccc2c(c1)[C@@H]1CN(C)CC[C@@H]1N2S(=O)(=O)c1ccc(F)cc1.[Cl-]. The largest absolute Gasteiger partial charge is 1.00 e. The second-order valence-electron chi connectivity index (χ2n) is 7.04. The summed E-state index contributed by atoms with van der Waals surface area (Å²) in [5, 5.41) is 0. The summed E-state index contributed by atoms with van der Waals surface area (Å²) in [6.45, 7) is 3.74. The van der Waals surface area contributed by atoms with Crippen molar-refractivity contribution in [1.29, 1.82) is 0 Å². The third-order valence-electron chi connectivity index (χ3n) is 5.27. The zero-order chi connectivity index (χ0) is 17.8. The van der Waals surface area contributed by atoms with Gasteiger partial charge in [-0.15, -0.1) is 0 Å². The average molecular weight is 396 g/mol. The number of benzene rings is 2. The molecule has 2 aliphatic rings. The number of sulfonamides is 1. The number of fused-ring (bicyclic) bond motifs is 3. The molecule has 0 unspecified atom stereocenters. The maximum Gasteiger partial charge on any atom is 0.264 e. The van der Waals surface area contributed by atoms with Crippen molar-refractivity contribution in [2.75, 3.05) is 24.4 Å². The van der Waals surface area contributed by atoms with E-state index in [9.17, 15) is 12.8 Å². The molecule has 0 N–H and O–H groups in total. The smallest absolute Gasteiger partial charge is 0.264 e. The minimum Gasteiger partial charge on any atom is -1.00 e. The Labute approximate surface area is 160 Å². The van der Waals surface area contributed by atoms with Crippen LogP contribution in [0.5, 0.6) is 0 Å². The molecule has 1 fully saturated rings. The summed E-state index contributed by atoms with van der Waals surface area (Å²) in [5.41, 5.74) is 2.99. The van der Waals surface area contributed by atoms with Gasteiger partial charge in [0.15, 0.2) is 0 Å². The molecule has 1 saturated heterocycles. The Morgan fingerprint density at radius 1 is 1.12 bits per heavy atom. The number of halogens is 2. The van der Waals surface area contributed by atoms with Crippen LogP contribution in [0.15, 0.2) is 47.4 Å². The van der Waals surface area contributed by atoms with Crippen molar-refractivity contribution >= 4 is 15.7 Å². The minimum absolute atomic E-state index is 0. The molecule has 2 aliphatic heterocycles. The first-order valence-electron chi connectivity index (χ1n) is 8.47. The highest BCUT2D eigenvalue weighted by Gasteiger charge is 2.46. The highest BCUT2D eigenvalue weighted by Crippen LogP contribution is 2.47. The number of likely N-dealkylation sites (N-methyl/N-ethyl adjacent to an activating group) is 1. The summed E-state index contributed by atoms with van der Waals surface area (Å²) < 4.78 is 41.4. The summed E-state index contributed by atoms with van der Waals surface area (Å²) in [6.07, 6.45) is 0.787. The van der Waals surface area contributed by atoms with Gasteiger partial charge < -0.3 is 17.3 Å². The average Bonchev–Trinajstić information content (AvgIpc) is 2.89. The van der Waals surface area contributed by atoms with E-state index in [1.165, 1.54) is 24.3 Å². The summed E-state index contributed by atoms with van der Waals surface area (Å²) in [4.78, 5) is 2.39. The molecule has 2 atom stereocenters. The van der Waals surface area contributed by atoms with Crippen LogP contribution in [0.3, 0.4) is 0 Å². The molecule has 0 saturated carbocycles. The Morgan fingerprint density at radius 2 is 1.81 bits per heavy atom. The Hall–Kier alpha value is -1.63. The van der Waals surface area contributed by atoms with Crippen LogP contribution in [0, 0.1) is 12.7 Å². The van der Waals surface area contributed by atoms with Gasteiger partial charge in [-0.25, -0.2) is 12.8 Å². The van der Waals surface area contributed by atoms with Crippen LogP contribution in [-0.2, 0) is 10.0 Å². The fraction of sp³-hybridized carbons (Fsp3) is 0.368. The summed E-state index contributed by atoms with van der Waals surface area (Å²) in [5.74, 6) is -0.266. The molecule has 0 bridgehead atoms. The van der Waals surface area contributed by atoms with E-state index in [0.717, 1.165) is 36.3 Å². The topological polar surface area (TPSA) is 40.6 Å². The predicted octanol–water partition coefficient (Wildman–Crippen LogP) is 0.135. The number of rotatable bonds is 2. The number of likely N-dealkylation sites (tertiary alicyclic amines) is 1. The summed E-state index contributed by atoms with van der Waals surface area (Å²) in [6, 6.07) is 11.0. The van der Waals surface area contributed by atoms with Crippen LogP contribution in [0.25, 0.3) is 0 Å². The van der Waals surface area contributed by atoms with Crippen molar-refractivity contribution in [3.05, 3.63) is 59.4 Å². The van der Waals surface area contributed by atoms with Gasteiger partial charge in [0.05, 0.1) is 16.6 Å². The summed E-state index contributed by atoms with van der Waals surface area (Å²) >= 11 is 0. The number of nitrogens with zero attached hydrogens (tertiary/aromatic N) is 2. The van der Waals surface area contributed by atoms with E-state index in [1.807, 2.05) is 19.1 Å². The molecule has 2 heterocycles. The number of aryl methyl sites for hydroxylation is 1.